The van der Waals surface area contributed by atoms with Crippen LogP contribution in [-0.4, -0.2) is 52.0 Å². The van der Waals surface area contributed by atoms with E-state index in [1.807, 2.05) is 0 Å². The van der Waals surface area contributed by atoms with Gasteiger partial charge in [0.1, 0.15) is 0 Å². The first-order valence-electron chi connectivity index (χ1n) is 7.12. The van der Waals surface area contributed by atoms with Gasteiger partial charge in [-0.15, -0.1) is 0 Å². The maximum Gasteiger partial charge on any atom is 0.0589 e. The molecule has 0 saturated heterocycles. The van der Waals surface area contributed by atoms with Crippen molar-refractivity contribution in [1.82, 2.24) is 4.90 Å². The summed E-state index contributed by atoms with van der Waals surface area (Å²) in [5, 5.41) is 0. The summed E-state index contributed by atoms with van der Waals surface area (Å²) >= 11 is 0. The Morgan fingerprint density at radius 2 is 1.50 bits per heavy atom. The zero-order chi connectivity index (χ0) is 15.0. The van der Waals surface area contributed by atoms with Crippen molar-refractivity contribution in [3.05, 3.63) is 34.9 Å². The monoisotopic (exact) mass is 280 g/mol. The van der Waals surface area contributed by atoms with Crippen LogP contribution in [0.3, 0.4) is 0 Å². The Hall–Kier alpha value is -0.940. The summed E-state index contributed by atoms with van der Waals surface area (Å²) in [6.07, 6.45) is 0. The van der Waals surface area contributed by atoms with E-state index in [-0.39, 0.29) is 6.04 Å². The number of methoxy groups -OCH3 is 2. The zero-order valence-electron chi connectivity index (χ0n) is 13.2. The molecule has 0 aliphatic carbocycles. The first kappa shape index (κ1) is 17.1. The van der Waals surface area contributed by atoms with Crippen molar-refractivity contribution in [3.8, 4) is 0 Å². The van der Waals surface area contributed by atoms with Gasteiger partial charge in [-0.05, 0) is 19.4 Å². The molecule has 1 rings (SSSR count). The lowest BCUT2D eigenvalue weighted by atomic mass is 10.00. The SMILES string of the molecule is COCCN(CCOC)C(CN)c1cc(C)cc(C)c1. The quantitative estimate of drug-likeness (QED) is 0.750. The molecule has 114 valence electrons. The van der Waals surface area contributed by atoms with E-state index in [4.69, 9.17) is 15.2 Å². The van der Waals surface area contributed by atoms with Crippen LogP contribution in [0, 0.1) is 13.8 Å². The van der Waals surface area contributed by atoms with Crippen molar-refractivity contribution in [1.29, 1.82) is 0 Å². The maximum atomic E-state index is 6.03. The Morgan fingerprint density at radius 3 is 1.90 bits per heavy atom. The van der Waals surface area contributed by atoms with Gasteiger partial charge in [0.25, 0.3) is 0 Å². The second-order valence-electron chi connectivity index (χ2n) is 5.19. The smallest absolute Gasteiger partial charge is 0.0589 e. The first-order valence-corrected chi connectivity index (χ1v) is 7.12. The molecule has 4 heteroatoms. The molecule has 0 aromatic heterocycles. The third kappa shape index (κ3) is 5.21. The lowest BCUT2D eigenvalue weighted by molar-refractivity contribution is 0.0891. The Balaban J connectivity index is 2.91. The third-order valence-corrected chi connectivity index (χ3v) is 3.46. The van der Waals surface area contributed by atoms with E-state index in [1.54, 1.807) is 14.2 Å². The molecule has 1 unspecified atom stereocenters. The highest BCUT2D eigenvalue weighted by Gasteiger charge is 2.19. The van der Waals surface area contributed by atoms with Crippen LogP contribution < -0.4 is 5.73 Å². The van der Waals surface area contributed by atoms with Gasteiger partial charge in [-0.2, -0.15) is 0 Å². The van der Waals surface area contributed by atoms with Gasteiger partial charge in [-0.3, -0.25) is 4.90 Å². The summed E-state index contributed by atoms with van der Waals surface area (Å²) in [7, 11) is 3.45. The highest BCUT2D eigenvalue weighted by molar-refractivity contribution is 5.31. The fourth-order valence-electron chi connectivity index (χ4n) is 2.54. The van der Waals surface area contributed by atoms with E-state index < -0.39 is 0 Å². The molecule has 0 amide bonds. The van der Waals surface area contributed by atoms with Crippen molar-refractivity contribution >= 4 is 0 Å². The minimum Gasteiger partial charge on any atom is -0.383 e. The highest BCUT2D eigenvalue weighted by Crippen LogP contribution is 2.22. The molecule has 0 radical (unpaired) electrons. The van der Waals surface area contributed by atoms with Crippen LogP contribution in [0.2, 0.25) is 0 Å². The second kappa shape index (κ2) is 9.08. The van der Waals surface area contributed by atoms with Crippen molar-refractivity contribution in [3.63, 3.8) is 0 Å². The number of hydrogen-bond donors (Lipinski definition) is 1. The average molecular weight is 280 g/mol. The van der Waals surface area contributed by atoms with E-state index in [2.05, 4.69) is 36.9 Å². The fourth-order valence-corrected chi connectivity index (χ4v) is 2.54. The van der Waals surface area contributed by atoms with Crippen LogP contribution in [0.15, 0.2) is 18.2 Å². The van der Waals surface area contributed by atoms with Gasteiger partial charge in [-0.1, -0.05) is 29.3 Å². The van der Waals surface area contributed by atoms with Crippen LogP contribution in [0.25, 0.3) is 0 Å². The Kier molecular flexibility index (Phi) is 7.77. The minimum atomic E-state index is 0.207. The average Bonchev–Trinajstić information content (AvgIpc) is 2.40. The van der Waals surface area contributed by atoms with Gasteiger partial charge in [0.2, 0.25) is 0 Å². The number of benzene rings is 1. The first-order chi connectivity index (χ1) is 9.62. The summed E-state index contributed by atoms with van der Waals surface area (Å²) in [4.78, 5) is 2.33. The van der Waals surface area contributed by atoms with Crippen molar-refractivity contribution in [2.45, 2.75) is 19.9 Å². The van der Waals surface area contributed by atoms with Gasteiger partial charge in [0.15, 0.2) is 0 Å². The van der Waals surface area contributed by atoms with Crippen LogP contribution in [0.1, 0.15) is 22.7 Å². The van der Waals surface area contributed by atoms with Gasteiger partial charge < -0.3 is 15.2 Å². The molecule has 20 heavy (non-hydrogen) atoms. The summed E-state index contributed by atoms with van der Waals surface area (Å²) in [6.45, 7) is 7.95. The fraction of sp³-hybridized carbons (Fsp3) is 0.625. The van der Waals surface area contributed by atoms with E-state index in [0.29, 0.717) is 19.8 Å². The van der Waals surface area contributed by atoms with Gasteiger partial charge in [0.05, 0.1) is 13.2 Å². The number of hydrogen-bond acceptors (Lipinski definition) is 4. The minimum absolute atomic E-state index is 0.207. The predicted octanol–water partition coefficient (Wildman–Crippen LogP) is 1.90. The number of aryl methyl sites for hydroxylation is 2. The normalized spacial score (nSPS) is 12.9. The van der Waals surface area contributed by atoms with Gasteiger partial charge in [-0.25, -0.2) is 0 Å². The lowest BCUT2D eigenvalue weighted by Crippen LogP contribution is -2.38. The van der Waals surface area contributed by atoms with Crippen molar-refractivity contribution in [2.24, 2.45) is 5.73 Å². The number of ether oxygens (including phenoxy) is 2. The van der Waals surface area contributed by atoms with Gasteiger partial charge >= 0.3 is 0 Å². The van der Waals surface area contributed by atoms with E-state index in [1.165, 1.54) is 16.7 Å². The molecule has 4 nitrogen and oxygen atoms in total. The Morgan fingerprint density at radius 1 is 1.00 bits per heavy atom. The molecule has 2 N–H and O–H groups in total. The molecular formula is C16H28N2O2. The van der Waals surface area contributed by atoms with Crippen molar-refractivity contribution in [2.75, 3.05) is 47.1 Å². The molecule has 0 heterocycles. The molecule has 0 fully saturated rings. The predicted molar refractivity (Wildman–Crippen MR) is 83.0 cm³/mol. The second-order valence-corrected chi connectivity index (χ2v) is 5.19. The molecule has 1 aromatic rings. The zero-order valence-corrected chi connectivity index (χ0v) is 13.2. The topological polar surface area (TPSA) is 47.7 Å². The Labute approximate surface area is 122 Å². The van der Waals surface area contributed by atoms with Crippen LogP contribution in [0.5, 0.6) is 0 Å². The van der Waals surface area contributed by atoms with E-state index in [9.17, 15) is 0 Å². The standard InChI is InChI=1S/C16H28N2O2/c1-13-9-14(2)11-15(10-13)16(12-17)18(5-7-19-3)6-8-20-4/h9-11,16H,5-8,12,17H2,1-4H3. The van der Waals surface area contributed by atoms with Gasteiger partial charge in [0, 0.05) is 39.9 Å². The summed E-state index contributed by atoms with van der Waals surface area (Å²) in [5.74, 6) is 0. The van der Waals surface area contributed by atoms with Crippen LogP contribution in [-0.2, 0) is 9.47 Å². The molecule has 0 saturated carbocycles. The summed E-state index contributed by atoms with van der Waals surface area (Å²) in [6, 6.07) is 6.83. The van der Waals surface area contributed by atoms with E-state index >= 15 is 0 Å². The van der Waals surface area contributed by atoms with E-state index in [0.717, 1.165) is 13.1 Å². The number of rotatable bonds is 9. The number of nitrogens with two attached hydrogens (primary N) is 1. The van der Waals surface area contributed by atoms with Crippen molar-refractivity contribution < 1.29 is 9.47 Å². The van der Waals surface area contributed by atoms with Crippen LogP contribution in [0.4, 0.5) is 0 Å². The summed E-state index contributed by atoms with van der Waals surface area (Å²) < 4.78 is 10.4. The maximum absolute atomic E-state index is 6.03. The molecule has 0 aliphatic heterocycles. The number of nitrogens with zero attached hydrogens (tertiary/aromatic N) is 1. The molecule has 0 aliphatic rings. The molecule has 1 atom stereocenters. The largest absolute Gasteiger partial charge is 0.383 e. The van der Waals surface area contributed by atoms with Crippen LogP contribution >= 0.6 is 0 Å². The molecule has 0 spiro atoms. The lowest BCUT2D eigenvalue weighted by Gasteiger charge is -2.31. The molecule has 0 bridgehead atoms. The molecular weight excluding hydrogens is 252 g/mol. The highest BCUT2D eigenvalue weighted by atomic mass is 16.5. The summed E-state index contributed by atoms with van der Waals surface area (Å²) in [5.41, 5.74) is 9.85. The molecule has 1 aromatic carbocycles. The Bertz CT molecular complexity index is 368. The third-order valence-electron chi connectivity index (χ3n) is 3.46.